The summed E-state index contributed by atoms with van der Waals surface area (Å²) in [5, 5.41) is 3.13. The number of benzene rings is 2. The first-order chi connectivity index (χ1) is 13.8. The summed E-state index contributed by atoms with van der Waals surface area (Å²) in [5.41, 5.74) is 1.27. The second-order valence-electron chi connectivity index (χ2n) is 7.07. The first-order valence-corrected chi connectivity index (χ1v) is 10.9. The highest BCUT2D eigenvalue weighted by atomic mass is 32.2. The third kappa shape index (κ3) is 4.80. The van der Waals surface area contributed by atoms with Gasteiger partial charge < -0.3 is 14.8 Å². The largest absolute Gasteiger partial charge is 0.486 e. The molecule has 28 heavy (non-hydrogen) atoms. The molecule has 2 aliphatic heterocycles. The van der Waals surface area contributed by atoms with Gasteiger partial charge in [0, 0.05) is 11.4 Å². The summed E-state index contributed by atoms with van der Waals surface area (Å²) in [6.07, 6.45) is 2.47. The lowest BCUT2D eigenvalue weighted by Gasteiger charge is -2.28. The lowest BCUT2D eigenvalue weighted by atomic mass is 10.1. The predicted molar refractivity (Wildman–Crippen MR) is 111 cm³/mol. The molecule has 1 saturated heterocycles. The Bertz CT molecular complexity index is 794. The molecule has 1 amide bonds. The first-order valence-electron chi connectivity index (χ1n) is 9.88. The van der Waals surface area contributed by atoms with E-state index in [1.807, 2.05) is 24.3 Å². The van der Waals surface area contributed by atoms with Crippen molar-refractivity contribution in [1.82, 2.24) is 10.2 Å². The smallest absolute Gasteiger partial charge is 0.230 e. The number of likely N-dealkylation sites (tertiary alicyclic amines) is 1. The molecule has 5 nitrogen and oxygen atoms in total. The van der Waals surface area contributed by atoms with Crippen LogP contribution in [-0.4, -0.2) is 49.4 Å². The minimum absolute atomic E-state index is 0.0556. The van der Waals surface area contributed by atoms with Crippen molar-refractivity contribution in [2.45, 2.75) is 23.8 Å². The summed E-state index contributed by atoms with van der Waals surface area (Å²) in [5.74, 6) is 1.98. The van der Waals surface area contributed by atoms with Crippen LogP contribution in [0.15, 0.2) is 53.4 Å². The summed E-state index contributed by atoms with van der Waals surface area (Å²) < 4.78 is 11.2. The number of hydrogen-bond donors (Lipinski definition) is 1. The third-order valence-electron chi connectivity index (χ3n) is 5.14. The maximum Gasteiger partial charge on any atom is 0.230 e. The molecule has 2 aromatic carbocycles. The molecule has 0 aliphatic carbocycles. The van der Waals surface area contributed by atoms with Crippen LogP contribution in [0.2, 0.25) is 0 Å². The van der Waals surface area contributed by atoms with E-state index in [1.165, 1.54) is 30.2 Å². The fraction of sp³-hybridized carbons (Fsp3) is 0.409. The lowest BCUT2D eigenvalue weighted by molar-refractivity contribution is -0.118. The molecule has 1 atom stereocenters. The molecule has 2 aliphatic rings. The van der Waals surface area contributed by atoms with E-state index in [2.05, 4.69) is 34.5 Å². The van der Waals surface area contributed by atoms with Crippen molar-refractivity contribution in [3.63, 3.8) is 0 Å². The molecular formula is C22H26N2O3S. The summed E-state index contributed by atoms with van der Waals surface area (Å²) >= 11 is 1.52. The number of fused-ring (bicyclic) bond motifs is 1. The monoisotopic (exact) mass is 398 g/mol. The zero-order chi connectivity index (χ0) is 19.2. The van der Waals surface area contributed by atoms with Gasteiger partial charge in [0.15, 0.2) is 11.5 Å². The Hall–Kier alpha value is -2.18. The number of rotatable bonds is 7. The second kappa shape index (κ2) is 9.34. The molecule has 0 saturated carbocycles. The number of ether oxygens (including phenoxy) is 2. The van der Waals surface area contributed by atoms with Crippen molar-refractivity contribution in [1.29, 1.82) is 0 Å². The average Bonchev–Trinajstić information content (AvgIpc) is 3.27. The Morgan fingerprint density at radius 3 is 2.57 bits per heavy atom. The van der Waals surface area contributed by atoms with Crippen LogP contribution in [0.25, 0.3) is 0 Å². The molecule has 148 valence electrons. The van der Waals surface area contributed by atoms with Gasteiger partial charge in [-0.3, -0.25) is 9.69 Å². The van der Waals surface area contributed by atoms with Crippen molar-refractivity contribution < 1.29 is 14.3 Å². The van der Waals surface area contributed by atoms with Crippen LogP contribution in [0, 0.1) is 0 Å². The van der Waals surface area contributed by atoms with Gasteiger partial charge in [0.1, 0.15) is 13.2 Å². The molecule has 0 bridgehead atoms. The number of carbonyl (C=O) groups excluding carboxylic acids is 1. The van der Waals surface area contributed by atoms with Crippen LogP contribution in [0.4, 0.5) is 0 Å². The van der Waals surface area contributed by atoms with E-state index in [9.17, 15) is 4.79 Å². The fourth-order valence-electron chi connectivity index (χ4n) is 3.71. The molecule has 1 N–H and O–H groups in total. The molecule has 1 fully saturated rings. The highest BCUT2D eigenvalue weighted by Crippen LogP contribution is 2.34. The molecular weight excluding hydrogens is 372 g/mol. The normalized spacial score (nSPS) is 17.3. The fourth-order valence-corrected chi connectivity index (χ4v) is 4.46. The maximum absolute atomic E-state index is 12.4. The van der Waals surface area contributed by atoms with Gasteiger partial charge in [-0.1, -0.05) is 30.3 Å². The Morgan fingerprint density at radius 2 is 1.79 bits per heavy atom. The lowest BCUT2D eigenvalue weighted by Crippen LogP contribution is -2.37. The van der Waals surface area contributed by atoms with E-state index in [1.54, 1.807) is 0 Å². The first kappa shape index (κ1) is 19.2. The van der Waals surface area contributed by atoms with Crippen LogP contribution in [0.5, 0.6) is 11.5 Å². The highest BCUT2D eigenvalue weighted by molar-refractivity contribution is 8.00. The third-order valence-corrected chi connectivity index (χ3v) is 6.14. The van der Waals surface area contributed by atoms with E-state index >= 15 is 0 Å². The molecule has 0 aromatic heterocycles. The van der Waals surface area contributed by atoms with E-state index in [0.29, 0.717) is 25.5 Å². The minimum atomic E-state index is 0.0556. The minimum Gasteiger partial charge on any atom is -0.486 e. The molecule has 2 heterocycles. The van der Waals surface area contributed by atoms with Gasteiger partial charge in [-0.15, -0.1) is 11.8 Å². The SMILES string of the molecule is O=C(CSc1ccc2c(c1)OCCO2)NCC(c1ccccc1)N1CCCC1. The Kier molecular flexibility index (Phi) is 6.39. The molecule has 4 rings (SSSR count). The van der Waals surface area contributed by atoms with Gasteiger partial charge in [0.2, 0.25) is 5.91 Å². The van der Waals surface area contributed by atoms with Crippen LogP contribution in [0.1, 0.15) is 24.4 Å². The van der Waals surface area contributed by atoms with Crippen LogP contribution in [-0.2, 0) is 4.79 Å². The van der Waals surface area contributed by atoms with E-state index in [-0.39, 0.29) is 11.9 Å². The Morgan fingerprint density at radius 1 is 1.04 bits per heavy atom. The Labute approximate surface area is 170 Å². The molecule has 2 aromatic rings. The van der Waals surface area contributed by atoms with Crippen molar-refractivity contribution >= 4 is 17.7 Å². The zero-order valence-corrected chi connectivity index (χ0v) is 16.7. The molecule has 0 radical (unpaired) electrons. The summed E-state index contributed by atoms with van der Waals surface area (Å²) in [7, 11) is 0. The molecule has 6 heteroatoms. The van der Waals surface area contributed by atoms with Crippen LogP contribution in [0.3, 0.4) is 0 Å². The van der Waals surface area contributed by atoms with Gasteiger partial charge in [-0.25, -0.2) is 0 Å². The van der Waals surface area contributed by atoms with E-state index < -0.39 is 0 Å². The standard InChI is InChI=1S/C22H26N2O3S/c25-22(16-28-18-8-9-20-21(14-18)27-13-12-26-20)23-15-19(24-10-4-5-11-24)17-6-2-1-3-7-17/h1-3,6-9,14,19H,4-5,10-13,15-16H2,(H,23,25). The van der Waals surface area contributed by atoms with Crippen LogP contribution < -0.4 is 14.8 Å². The topological polar surface area (TPSA) is 50.8 Å². The number of nitrogens with zero attached hydrogens (tertiary/aromatic N) is 1. The van der Waals surface area contributed by atoms with Gasteiger partial charge in [0.05, 0.1) is 11.8 Å². The summed E-state index contributed by atoms with van der Waals surface area (Å²) in [6, 6.07) is 16.5. The van der Waals surface area contributed by atoms with Gasteiger partial charge >= 0.3 is 0 Å². The van der Waals surface area contributed by atoms with Gasteiger partial charge in [0.25, 0.3) is 0 Å². The van der Waals surface area contributed by atoms with E-state index in [4.69, 9.17) is 9.47 Å². The maximum atomic E-state index is 12.4. The Balaban J connectivity index is 1.31. The molecule has 0 spiro atoms. The average molecular weight is 399 g/mol. The quantitative estimate of drug-likeness (QED) is 0.724. The number of hydrogen-bond acceptors (Lipinski definition) is 5. The number of nitrogens with one attached hydrogen (secondary N) is 1. The summed E-state index contributed by atoms with van der Waals surface area (Å²) in [4.78, 5) is 15.9. The number of amides is 1. The summed E-state index contributed by atoms with van der Waals surface area (Å²) in [6.45, 7) is 3.99. The van der Waals surface area contributed by atoms with Crippen molar-refractivity contribution in [3.05, 3.63) is 54.1 Å². The predicted octanol–water partition coefficient (Wildman–Crippen LogP) is 3.50. The van der Waals surface area contributed by atoms with Crippen molar-refractivity contribution in [2.75, 3.05) is 38.6 Å². The molecule has 1 unspecified atom stereocenters. The number of thioether (sulfide) groups is 1. The van der Waals surface area contributed by atoms with Crippen LogP contribution >= 0.6 is 11.8 Å². The van der Waals surface area contributed by atoms with E-state index in [0.717, 1.165) is 29.5 Å². The highest BCUT2D eigenvalue weighted by Gasteiger charge is 2.23. The van der Waals surface area contributed by atoms with Crippen molar-refractivity contribution in [2.24, 2.45) is 0 Å². The van der Waals surface area contributed by atoms with Crippen molar-refractivity contribution in [3.8, 4) is 11.5 Å². The number of carbonyl (C=O) groups is 1. The second-order valence-corrected chi connectivity index (χ2v) is 8.12. The van der Waals surface area contributed by atoms with Gasteiger partial charge in [-0.05, 0) is 49.7 Å². The van der Waals surface area contributed by atoms with Gasteiger partial charge in [-0.2, -0.15) is 0 Å². The zero-order valence-electron chi connectivity index (χ0n) is 15.9.